The second-order valence-corrected chi connectivity index (χ2v) is 8.24. The summed E-state index contributed by atoms with van der Waals surface area (Å²) in [5.74, 6) is -6.19. The number of halogens is 9. The third-order valence-corrected chi connectivity index (χ3v) is 5.46. The minimum atomic E-state index is -6.38. The van der Waals surface area contributed by atoms with Gasteiger partial charge in [-0.15, -0.1) is 0 Å². The van der Waals surface area contributed by atoms with E-state index in [-0.39, 0.29) is 14.5 Å². The van der Waals surface area contributed by atoms with Crippen molar-refractivity contribution in [1.29, 1.82) is 0 Å². The van der Waals surface area contributed by atoms with E-state index in [1.807, 2.05) is 0 Å². The van der Waals surface area contributed by atoms with Crippen molar-refractivity contribution in [2.75, 3.05) is 0 Å². The SMILES string of the molecule is Cc1ccc(-c2c(Br)cc(Br)cc2SC(F)(F)C(F)(F)C(F)(F)F)cc1. The molecule has 0 spiro atoms. The maximum Gasteiger partial charge on any atom is 0.460 e. The molecule has 2 aromatic carbocycles. The Morgan fingerprint density at radius 3 is 1.88 bits per heavy atom. The van der Waals surface area contributed by atoms with E-state index in [4.69, 9.17) is 0 Å². The van der Waals surface area contributed by atoms with Crippen LogP contribution in [0, 0.1) is 6.92 Å². The summed E-state index contributed by atoms with van der Waals surface area (Å²) in [6.07, 6.45) is -6.38. The molecule has 0 N–H and O–H groups in total. The average molecular weight is 526 g/mol. The highest BCUT2D eigenvalue weighted by Crippen LogP contribution is 2.56. The molecule has 0 aromatic heterocycles. The average Bonchev–Trinajstić information content (AvgIpc) is 2.46. The molecule has 0 bridgehead atoms. The van der Waals surface area contributed by atoms with Crippen molar-refractivity contribution in [3.05, 3.63) is 50.9 Å². The number of hydrogen-bond acceptors (Lipinski definition) is 1. The number of alkyl halides is 7. The van der Waals surface area contributed by atoms with E-state index in [1.165, 1.54) is 6.07 Å². The molecule has 0 atom stereocenters. The molecule has 0 unspecified atom stereocenters. The van der Waals surface area contributed by atoms with Crippen molar-refractivity contribution in [2.45, 2.75) is 29.2 Å². The normalized spacial score (nSPS) is 13.2. The molecule has 0 heterocycles. The van der Waals surface area contributed by atoms with Crippen LogP contribution in [0.2, 0.25) is 0 Å². The summed E-state index contributed by atoms with van der Waals surface area (Å²) < 4.78 is 92.0. The molecule has 10 heteroatoms. The van der Waals surface area contributed by atoms with Gasteiger partial charge in [-0.3, -0.25) is 0 Å². The van der Waals surface area contributed by atoms with E-state index in [0.717, 1.165) is 11.6 Å². The molecule has 0 amide bonds. The Morgan fingerprint density at radius 1 is 0.846 bits per heavy atom. The van der Waals surface area contributed by atoms with Crippen LogP contribution in [0.15, 0.2) is 50.2 Å². The molecule has 0 aliphatic heterocycles. The summed E-state index contributed by atoms with van der Waals surface area (Å²) in [5.41, 5.74) is 1.35. The van der Waals surface area contributed by atoms with Gasteiger partial charge in [0.05, 0.1) is 0 Å². The van der Waals surface area contributed by atoms with E-state index in [9.17, 15) is 30.7 Å². The molecule has 0 nitrogen and oxygen atoms in total. The first-order chi connectivity index (χ1) is 11.8. The second kappa shape index (κ2) is 7.35. The Kier molecular flexibility index (Phi) is 6.09. The Hall–Kier alpha value is -0.740. The van der Waals surface area contributed by atoms with Crippen molar-refractivity contribution in [2.24, 2.45) is 0 Å². The molecule has 0 aliphatic rings. The molecule has 2 aromatic rings. The van der Waals surface area contributed by atoms with Crippen molar-refractivity contribution in [1.82, 2.24) is 0 Å². The van der Waals surface area contributed by atoms with Crippen LogP contribution in [0.25, 0.3) is 11.1 Å². The standard InChI is InChI=1S/C16H9Br2F7S/c1-8-2-4-9(5-3-8)13-11(18)6-10(17)7-12(13)26-16(24,25)14(19,20)15(21,22)23/h2-7H,1H3. The van der Waals surface area contributed by atoms with Crippen LogP contribution in [-0.4, -0.2) is 17.4 Å². The molecule has 142 valence electrons. The Bertz CT molecular complexity index is 801. The van der Waals surface area contributed by atoms with Gasteiger partial charge in [0.2, 0.25) is 0 Å². The first-order valence-corrected chi connectivity index (χ1v) is 9.24. The highest BCUT2D eigenvalue weighted by Gasteiger charge is 2.73. The van der Waals surface area contributed by atoms with Gasteiger partial charge in [0, 0.05) is 19.4 Å². The van der Waals surface area contributed by atoms with Gasteiger partial charge >= 0.3 is 17.4 Å². The van der Waals surface area contributed by atoms with Crippen molar-refractivity contribution < 1.29 is 30.7 Å². The molecule has 0 aliphatic carbocycles. The maximum atomic E-state index is 13.9. The summed E-state index contributed by atoms with van der Waals surface area (Å²) in [7, 11) is 0. The summed E-state index contributed by atoms with van der Waals surface area (Å²) >= 11 is 5.35. The summed E-state index contributed by atoms with van der Waals surface area (Å²) in [4.78, 5) is -0.427. The lowest BCUT2D eigenvalue weighted by atomic mass is 10.0. The van der Waals surface area contributed by atoms with Crippen LogP contribution in [0.3, 0.4) is 0 Å². The van der Waals surface area contributed by atoms with Gasteiger partial charge < -0.3 is 0 Å². The van der Waals surface area contributed by atoms with Gasteiger partial charge in [0.25, 0.3) is 0 Å². The lowest BCUT2D eigenvalue weighted by Crippen LogP contribution is -2.49. The van der Waals surface area contributed by atoms with Gasteiger partial charge in [-0.05, 0) is 36.4 Å². The minimum Gasteiger partial charge on any atom is -0.188 e. The largest absolute Gasteiger partial charge is 0.460 e. The highest BCUT2D eigenvalue weighted by atomic mass is 79.9. The van der Waals surface area contributed by atoms with Crippen LogP contribution in [0.1, 0.15) is 5.56 Å². The zero-order chi connectivity index (χ0) is 19.9. The highest BCUT2D eigenvalue weighted by molar-refractivity contribution is 9.11. The van der Waals surface area contributed by atoms with Crippen molar-refractivity contribution in [3.63, 3.8) is 0 Å². The monoisotopic (exact) mass is 524 g/mol. The lowest BCUT2D eigenvalue weighted by Gasteiger charge is -2.28. The van der Waals surface area contributed by atoms with E-state index in [0.29, 0.717) is 5.56 Å². The third kappa shape index (κ3) is 4.22. The topological polar surface area (TPSA) is 0 Å². The summed E-state index contributed by atoms with van der Waals surface area (Å²) in [5, 5.41) is -5.40. The molecule has 0 saturated carbocycles. The summed E-state index contributed by atoms with van der Waals surface area (Å²) in [6, 6.07) is 9.02. The fourth-order valence-corrected chi connectivity index (χ4v) is 4.77. The zero-order valence-corrected chi connectivity index (χ0v) is 16.8. The molecular formula is C16H9Br2F7S. The van der Waals surface area contributed by atoms with E-state index in [1.54, 1.807) is 31.2 Å². The first-order valence-electron chi connectivity index (χ1n) is 6.84. The maximum absolute atomic E-state index is 13.9. The smallest absolute Gasteiger partial charge is 0.188 e. The molecule has 26 heavy (non-hydrogen) atoms. The van der Waals surface area contributed by atoms with Gasteiger partial charge in [0.1, 0.15) is 0 Å². The number of aryl methyl sites for hydroxylation is 1. The number of thioether (sulfide) groups is 1. The molecular weight excluding hydrogens is 517 g/mol. The number of hydrogen-bond donors (Lipinski definition) is 0. The Morgan fingerprint density at radius 2 is 1.38 bits per heavy atom. The van der Waals surface area contributed by atoms with Crippen LogP contribution in [0.4, 0.5) is 30.7 Å². The van der Waals surface area contributed by atoms with Crippen LogP contribution < -0.4 is 0 Å². The van der Waals surface area contributed by atoms with Gasteiger partial charge in [-0.2, -0.15) is 30.7 Å². The lowest BCUT2D eigenvalue weighted by molar-refractivity contribution is -0.330. The first kappa shape index (κ1) is 21.6. The van der Waals surface area contributed by atoms with Crippen LogP contribution in [0.5, 0.6) is 0 Å². The second-order valence-electron chi connectivity index (χ2n) is 5.32. The molecule has 0 fully saturated rings. The minimum absolute atomic E-state index is 0.0934. The van der Waals surface area contributed by atoms with E-state index < -0.39 is 34.0 Å². The van der Waals surface area contributed by atoms with Gasteiger partial charge in [0.15, 0.2) is 0 Å². The molecule has 0 radical (unpaired) electrons. The molecule has 0 saturated heterocycles. The zero-order valence-electron chi connectivity index (χ0n) is 12.8. The fourth-order valence-electron chi connectivity index (χ4n) is 2.00. The van der Waals surface area contributed by atoms with Gasteiger partial charge in [-0.1, -0.05) is 61.7 Å². The van der Waals surface area contributed by atoms with Crippen molar-refractivity contribution in [3.8, 4) is 11.1 Å². The van der Waals surface area contributed by atoms with E-state index in [2.05, 4.69) is 31.9 Å². The predicted octanol–water partition coefficient (Wildman–Crippen LogP) is 8.07. The van der Waals surface area contributed by atoms with Crippen molar-refractivity contribution >= 4 is 43.6 Å². The Labute approximate surface area is 165 Å². The number of benzene rings is 2. The fraction of sp³-hybridized carbons (Fsp3) is 0.250. The van der Waals surface area contributed by atoms with Crippen LogP contribution in [-0.2, 0) is 0 Å². The number of rotatable bonds is 4. The Balaban J connectivity index is 2.58. The van der Waals surface area contributed by atoms with Gasteiger partial charge in [-0.25, -0.2) is 0 Å². The predicted molar refractivity (Wildman–Crippen MR) is 93.8 cm³/mol. The third-order valence-electron chi connectivity index (χ3n) is 3.32. The van der Waals surface area contributed by atoms with E-state index >= 15 is 0 Å². The van der Waals surface area contributed by atoms with Crippen LogP contribution >= 0.6 is 43.6 Å². The summed E-state index contributed by atoms with van der Waals surface area (Å²) in [6.45, 7) is 1.79. The molecule has 2 rings (SSSR count). The quantitative estimate of drug-likeness (QED) is 0.287.